The molecule has 0 spiro atoms. The molecule has 0 saturated carbocycles. The third kappa shape index (κ3) is 26.4. The Morgan fingerprint density at radius 3 is 1.50 bits per heavy atom. The van der Waals surface area contributed by atoms with Crippen LogP contribution in [0.2, 0.25) is 0 Å². The molecule has 0 bridgehead atoms. The summed E-state index contributed by atoms with van der Waals surface area (Å²) in [6.45, 7) is 4.07. The third-order valence-corrected chi connectivity index (χ3v) is 8.51. The number of aryl methyl sites for hydroxylation is 1. The van der Waals surface area contributed by atoms with Crippen LogP contribution in [0.5, 0.6) is 5.88 Å². The fraction of sp³-hybridized carbons (Fsp3) is 0.806. The summed E-state index contributed by atoms with van der Waals surface area (Å²) >= 11 is 0. The van der Waals surface area contributed by atoms with Crippen molar-refractivity contribution in [1.29, 1.82) is 0 Å². The Labute approximate surface area is 289 Å². The van der Waals surface area contributed by atoms with Crippen molar-refractivity contribution in [3.8, 4) is 5.88 Å². The summed E-state index contributed by atoms with van der Waals surface area (Å²) in [6.07, 6.45) is 22.0. The Morgan fingerprint density at radius 2 is 1.04 bits per heavy atom. The molecular formula is C36H63NO10S. The van der Waals surface area contributed by atoms with Crippen molar-refractivity contribution in [3.63, 3.8) is 0 Å². The number of H-pyrrole nitrogens is 1. The molecule has 11 nitrogen and oxygen atoms in total. The van der Waals surface area contributed by atoms with Gasteiger partial charge in [-0.2, -0.15) is 8.42 Å². The second-order valence-electron chi connectivity index (χ2n) is 12.7. The lowest BCUT2D eigenvalue weighted by Crippen LogP contribution is -2.30. The zero-order valence-corrected chi connectivity index (χ0v) is 30.5. The summed E-state index contributed by atoms with van der Waals surface area (Å²) in [5.74, 6) is -1.31. The minimum Gasteiger partial charge on any atom is -0.462 e. The van der Waals surface area contributed by atoms with E-state index in [4.69, 9.17) is 18.8 Å². The minimum absolute atomic E-state index is 0.102. The smallest absolute Gasteiger partial charge is 0.447 e. The fourth-order valence-corrected chi connectivity index (χ4v) is 5.67. The number of aromatic amines is 1. The van der Waals surface area contributed by atoms with E-state index in [1.807, 2.05) is 0 Å². The zero-order valence-electron chi connectivity index (χ0n) is 29.6. The number of hydrogen-bond acceptors (Lipinski definition) is 9. The van der Waals surface area contributed by atoms with Crippen LogP contribution in [0.1, 0.15) is 167 Å². The lowest BCUT2D eigenvalue weighted by molar-refractivity contribution is -0.167. The summed E-state index contributed by atoms with van der Waals surface area (Å²) in [7, 11) is -4.61. The van der Waals surface area contributed by atoms with Crippen LogP contribution in [0.3, 0.4) is 0 Å². The van der Waals surface area contributed by atoms with Gasteiger partial charge < -0.3 is 23.4 Å². The number of ether oxygens (including phenoxy) is 3. The van der Waals surface area contributed by atoms with Crippen molar-refractivity contribution < 1.29 is 45.7 Å². The predicted octanol–water partition coefficient (Wildman–Crippen LogP) is 8.75. The highest BCUT2D eigenvalue weighted by Gasteiger charge is 2.19. The van der Waals surface area contributed by atoms with E-state index in [2.05, 4.69) is 23.0 Å². The minimum atomic E-state index is -4.61. The van der Waals surface area contributed by atoms with Gasteiger partial charge in [0.2, 0.25) is 5.88 Å². The van der Waals surface area contributed by atoms with Crippen molar-refractivity contribution in [2.45, 2.75) is 174 Å². The van der Waals surface area contributed by atoms with Gasteiger partial charge in [-0.15, -0.1) is 0 Å². The zero-order chi connectivity index (χ0) is 35.3. The first-order valence-corrected chi connectivity index (χ1v) is 19.8. The van der Waals surface area contributed by atoms with E-state index < -0.39 is 22.5 Å². The normalized spacial score (nSPS) is 11.5. The molecule has 0 radical (unpaired) electrons. The highest BCUT2D eigenvalue weighted by molar-refractivity contribution is 7.81. The Balaban J connectivity index is 2.41. The van der Waals surface area contributed by atoms with Crippen LogP contribution in [0.4, 0.5) is 0 Å². The molecule has 0 aromatic carbocycles. The third-order valence-electron chi connectivity index (χ3n) is 8.12. The number of carbonyl (C=O) groups is 3. The summed E-state index contributed by atoms with van der Waals surface area (Å²) < 4.78 is 51.2. The van der Waals surface area contributed by atoms with Crippen LogP contribution in [0.15, 0.2) is 12.1 Å². The van der Waals surface area contributed by atoms with Gasteiger partial charge in [-0.3, -0.25) is 18.9 Å². The molecule has 2 N–H and O–H groups in total. The van der Waals surface area contributed by atoms with Crippen LogP contribution in [0, 0.1) is 0 Å². The molecule has 0 amide bonds. The largest absolute Gasteiger partial charge is 0.462 e. The van der Waals surface area contributed by atoms with Crippen molar-refractivity contribution >= 4 is 28.3 Å². The Morgan fingerprint density at radius 1 is 0.625 bits per heavy atom. The first-order chi connectivity index (χ1) is 23.1. The topological polar surface area (TPSA) is 158 Å². The molecule has 0 fully saturated rings. The second kappa shape index (κ2) is 28.3. The van der Waals surface area contributed by atoms with Gasteiger partial charge in [0.25, 0.3) is 0 Å². The fourth-order valence-electron chi connectivity index (χ4n) is 5.35. The maximum Gasteiger partial charge on any atom is 0.447 e. The predicted molar refractivity (Wildman–Crippen MR) is 186 cm³/mol. The highest BCUT2D eigenvalue weighted by atomic mass is 32.3. The number of carbonyl (C=O) groups excluding carboxylic acids is 3. The second-order valence-corrected chi connectivity index (χ2v) is 13.7. The number of hydrogen-bond donors (Lipinski definition) is 2. The van der Waals surface area contributed by atoms with Crippen molar-refractivity contribution in [2.24, 2.45) is 0 Å². The van der Waals surface area contributed by atoms with Crippen LogP contribution in [0.25, 0.3) is 0 Å². The Bertz CT molecular complexity index is 1050. The Hall–Kier alpha value is -2.60. The summed E-state index contributed by atoms with van der Waals surface area (Å²) in [4.78, 5) is 40.1. The SMILES string of the molecule is CCCCCCCCCCCC(=O)OCC(COC(=O)CCCCCCCCCCC)OC(=O)CCCCc1ccc(OS(=O)(=O)O)[nH]1. The molecule has 0 aliphatic carbocycles. The van der Waals surface area contributed by atoms with E-state index in [0.29, 0.717) is 37.8 Å². The van der Waals surface area contributed by atoms with Gasteiger partial charge in [0.15, 0.2) is 6.10 Å². The first-order valence-electron chi connectivity index (χ1n) is 18.5. The lowest BCUT2D eigenvalue weighted by atomic mass is 10.1. The van der Waals surface area contributed by atoms with Gasteiger partial charge in [-0.05, 0) is 38.2 Å². The maximum atomic E-state index is 12.6. The summed E-state index contributed by atoms with van der Waals surface area (Å²) in [5, 5.41) is 0. The van der Waals surface area contributed by atoms with Gasteiger partial charge in [-0.1, -0.05) is 117 Å². The summed E-state index contributed by atoms with van der Waals surface area (Å²) in [5.41, 5.74) is 0.678. The van der Waals surface area contributed by atoms with E-state index >= 15 is 0 Å². The number of aromatic nitrogens is 1. The molecule has 48 heavy (non-hydrogen) atoms. The average Bonchev–Trinajstić information content (AvgIpc) is 3.48. The molecule has 12 heteroatoms. The Kier molecular flexibility index (Phi) is 25.6. The molecule has 0 aliphatic heterocycles. The number of esters is 3. The molecule has 278 valence electrons. The van der Waals surface area contributed by atoms with E-state index in [1.54, 1.807) is 6.07 Å². The van der Waals surface area contributed by atoms with E-state index in [-0.39, 0.29) is 37.5 Å². The summed E-state index contributed by atoms with van der Waals surface area (Å²) in [6, 6.07) is 3.01. The van der Waals surface area contributed by atoms with Crippen LogP contribution >= 0.6 is 0 Å². The molecule has 0 unspecified atom stereocenters. The number of nitrogens with one attached hydrogen (secondary N) is 1. The first kappa shape index (κ1) is 43.4. The molecule has 1 heterocycles. The highest BCUT2D eigenvalue weighted by Crippen LogP contribution is 2.16. The number of unbranched alkanes of at least 4 members (excludes halogenated alkanes) is 17. The van der Waals surface area contributed by atoms with Crippen LogP contribution < -0.4 is 4.18 Å². The molecule has 1 aromatic rings. The van der Waals surface area contributed by atoms with Gasteiger partial charge >= 0.3 is 28.3 Å². The van der Waals surface area contributed by atoms with Gasteiger partial charge in [0.1, 0.15) is 13.2 Å². The van der Waals surface area contributed by atoms with Gasteiger partial charge in [0, 0.05) is 31.0 Å². The van der Waals surface area contributed by atoms with Crippen molar-refractivity contribution in [1.82, 2.24) is 4.98 Å². The van der Waals surface area contributed by atoms with Crippen molar-refractivity contribution in [2.75, 3.05) is 13.2 Å². The van der Waals surface area contributed by atoms with Gasteiger partial charge in [-0.25, -0.2) is 0 Å². The maximum absolute atomic E-state index is 12.6. The molecule has 0 saturated heterocycles. The van der Waals surface area contributed by atoms with Crippen molar-refractivity contribution in [3.05, 3.63) is 17.8 Å². The van der Waals surface area contributed by atoms with Crippen LogP contribution in [-0.2, 0) is 45.4 Å². The molecule has 0 aliphatic rings. The van der Waals surface area contributed by atoms with Gasteiger partial charge in [0.05, 0.1) is 0 Å². The average molecular weight is 702 g/mol. The lowest BCUT2D eigenvalue weighted by Gasteiger charge is -2.18. The van der Waals surface area contributed by atoms with E-state index in [9.17, 15) is 22.8 Å². The van der Waals surface area contributed by atoms with E-state index in [1.165, 1.54) is 83.1 Å². The molecular weight excluding hydrogens is 638 g/mol. The monoisotopic (exact) mass is 701 g/mol. The molecule has 0 atom stereocenters. The quantitative estimate of drug-likeness (QED) is 0.0322. The molecule has 1 rings (SSSR count). The number of rotatable bonds is 32. The standard InChI is InChI=1S/C36H63NO10S/c1-3-5-7-9-11-13-15-17-19-24-34(38)44-29-32(30-45-35(39)25-20-18-16-14-12-10-8-6-4-2)46-36(40)26-22-21-23-31-27-28-33(37-31)47-48(41,42)43/h27-28,32,37H,3-26,29-30H2,1-2H3,(H,41,42,43). The van der Waals surface area contributed by atoms with Crippen LogP contribution in [-0.4, -0.2) is 55.2 Å². The molecule has 1 aromatic heterocycles. The van der Waals surface area contributed by atoms with E-state index in [0.717, 1.165) is 38.5 Å².